The summed E-state index contributed by atoms with van der Waals surface area (Å²) in [7, 11) is 0. The number of benzene rings is 2. The molecule has 0 spiro atoms. The largest absolute Gasteiger partial charge is 0.508 e. The van der Waals surface area contributed by atoms with E-state index in [0.717, 1.165) is 17.0 Å². The van der Waals surface area contributed by atoms with Gasteiger partial charge in [0.15, 0.2) is 5.67 Å². The minimum atomic E-state index is -5.08. The van der Waals surface area contributed by atoms with E-state index in [2.05, 4.69) is 0 Å². The van der Waals surface area contributed by atoms with Crippen LogP contribution in [0.25, 0.3) is 0 Å². The number of alkyl halides is 5. The van der Waals surface area contributed by atoms with Crippen molar-refractivity contribution in [3.8, 4) is 11.8 Å². The lowest BCUT2D eigenvalue weighted by molar-refractivity contribution is -0.385. The molecule has 4 rings (SSSR count). The Bertz CT molecular complexity index is 1300. The van der Waals surface area contributed by atoms with Crippen molar-refractivity contribution in [2.75, 3.05) is 24.5 Å². The van der Waals surface area contributed by atoms with Gasteiger partial charge in [-0.1, -0.05) is 6.07 Å². The Hall–Kier alpha value is -4.32. The van der Waals surface area contributed by atoms with Crippen molar-refractivity contribution < 1.29 is 46.7 Å². The van der Waals surface area contributed by atoms with Crippen LogP contribution in [0.4, 0.5) is 33.3 Å². The summed E-state index contributed by atoms with van der Waals surface area (Å²) in [6, 6.07) is 11.3. The van der Waals surface area contributed by atoms with Crippen molar-refractivity contribution in [1.29, 1.82) is 5.26 Å². The summed E-state index contributed by atoms with van der Waals surface area (Å²) < 4.78 is 63.0. The monoisotopic (exact) mass is 528 g/mol. The molecule has 0 radical (unpaired) electrons. The molecule has 2 atom stereocenters. The number of amides is 1. The molecule has 0 saturated carbocycles. The Kier molecular flexibility index (Phi) is 7.09. The van der Waals surface area contributed by atoms with Gasteiger partial charge in [-0.25, -0.2) is 13.6 Å². The number of carboxylic acids is 1. The number of aromatic hydroxyl groups is 1. The Morgan fingerprint density at radius 1 is 1.16 bits per heavy atom. The molecule has 2 aliphatic heterocycles. The van der Waals surface area contributed by atoms with Crippen LogP contribution in [0.3, 0.4) is 0 Å². The van der Waals surface area contributed by atoms with Crippen LogP contribution in [0.2, 0.25) is 0 Å². The average Bonchev–Trinajstić information content (AvgIpc) is 3.16. The third-order valence-corrected chi connectivity index (χ3v) is 5.80. The fourth-order valence-electron chi connectivity index (χ4n) is 4.14. The third kappa shape index (κ3) is 5.28. The van der Waals surface area contributed by atoms with E-state index in [-0.39, 0.29) is 34.8 Å². The first-order valence-electron chi connectivity index (χ1n) is 10.3. The zero-order valence-corrected chi connectivity index (χ0v) is 18.6. The lowest BCUT2D eigenvalue weighted by Gasteiger charge is -2.22. The maximum absolute atomic E-state index is 15.6. The highest BCUT2D eigenvalue weighted by molar-refractivity contribution is 6.04. The molecule has 0 unspecified atom stereocenters. The second kappa shape index (κ2) is 9.62. The van der Waals surface area contributed by atoms with E-state index in [9.17, 15) is 33.2 Å². The number of nitro benzene ring substituents is 1. The molecule has 2 heterocycles. The Morgan fingerprint density at radius 2 is 1.81 bits per heavy atom. The molecule has 1 amide bonds. The molecular weight excluding hydrogens is 511 g/mol. The normalized spacial score (nSPS) is 23.1. The minimum absolute atomic E-state index is 0.0956. The predicted octanol–water partition coefficient (Wildman–Crippen LogP) is 3.08. The highest BCUT2D eigenvalue weighted by Crippen LogP contribution is 2.47. The van der Waals surface area contributed by atoms with E-state index in [1.54, 1.807) is 0 Å². The Labute approximate surface area is 204 Å². The number of carbonyl (C=O) groups excluding carboxylic acids is 1. The van der Waals surface area contributed by atoms with E-state index < -0.39 is 53.9 Å². The van der Waals surface area contributed by atoms with Gasteiger partial charge in [0, 0.05) is 37.0 Å². The number of anilines is 1. The molecule has 2 aromatic rings. The number of aliphatic carboxylic acids is 1. The number of likely N-dealkylation sites (tertiary alicyclic amines) is 1. The van der Waals surface area contributed by atoms with Gasteiger partial charge in [0.05, 0.1) is 23.1 Å². The van der Waals surface area contributed by atoms with Crippen molar-refractivity contribution in [2.45, 2.75) is 24.1 Å². The fraction of sp³-hybridized carbons (Fsp3) is 0.318. The number of carboxylic acid groups (broad SMARTS) is 1. The first-order chi connectivity index (χ1) is 17.1. The Morgan fingerprint density at radius 3 is 2.35 bits per heavy atom. The molecule has 2 fully saturated rings. The first-order valence-corrected chi connectivity index (χ1v) is 10.3. The van der Waals surface area contributed by atoms with E-state index >= 15 is 8.78 Å². The second-order valence-corrected chi connectivity index (χ2v) is 8.34. The predicted molar refractivity (Wildman–Crippen MR) is 115 cm³/mol. The number of hydrogen-bond donors (Lipinski definition) is 2. The lowest BCUT2D eigenvalue weighted by Crippen LogP contribution is -2.47. The number of halogens is 5. The summed E-state index contributed by atoms with van der Waals surface area (Å²) in [6.07, 6.45) is -5.08. The zero-order valence-electron chi connectivity index (χ0n) is 18.6. The summed E-state index contributed by atoms with van der Waals surface area (Å²) in [6.45, 7) is -1.75. The van der Waals surface area contributed by atoms with Gasteiger partial charge in [-0.15, -0.1) is 0 Å². The van der Waals surface area contributed by atoms with Crippen LogP contribution in [-0.4, -0.2) is 69.1 Å². The molecule has 196 valence electrons. The summed E-state index contributed by atoms with van der Waals surface area (Å²) in [4.78, 5) is 34.5. The smallest absolute Gasteiger partial charge is 0.490 e. The average molecular weight is 528 g/mol. The third-order valence-electron chi connectivity index (χ3n) is 5.80. The molecule has 2 aromatic carbocycles. The number of rotatable bonds is 4. The van der Waals surface area contributed by atoms with Crippen LogP contribution in [0.15, 0.2) is 42.5 Å². The van der Waals surface area contributed by atoms with Crippen LogP contribution in [0.5, 0.6) is 5.75 Å². The number of nitriles is 1. The second-order valence-electron chi connectivity index (χ2n) is 8.34. The van der Waals surface area contributed by atoms with Gasteiger partial charge in [0.25, 0.3) is 11.6 Å². The summed E-state index contributed by atoms with van der Waals surface area (Å²) in [5.74, 6) is -4.01. The number of nitrogens with zero attached hydrogens (tertiary/aromatic N) is 4. The molecule has 0 aromatic heterocycles. The van der Waals surface area contributed by atoms with Crippen LogP contribution in [0, 0.1) is 21.4 Å². The number of carbonyl (C=O) groups is 2. The van der Waals surface area contributed by atoms with Gasteiger partial charge >= 0.3 is 12.1 Å². The molecule has 37 heavy (non-hydrogen) atoms. The van der Waals surface area contributed by atoms with Crippen LogP contribution >= 0.6 is 0 Å². The summed E-state index contributed by atoms with van der Waals surface area (Å²) in [5, 5.41) is 37.0. The molecule has 10 nitrogen and oxygen atoms in total. The topological polar surface area (TPSA) is 148 Å². The van der Waals surface area contributed by atoms with Gasteiger partial charge < -0.3 is 15.1 Å². The first kappa shape index (κ1) is 27.3. The van der Waals surface area contributed by atoms with Crippen molar-refractivity contribution in [3.63, 3.8) is 0 Å². The van der Waals surface area contributed by atoms with Crippen molar-refractivity contribution in [3.05, 3.63) is 63.7 Å². The molecule has 2 N–H and O–H groups in total. The number of nitro groups is 1. The molecule has 0 bridgehead atoms. The molecule has 0 aliphatic carbocycles. The standard InChI is InChI=1S/C20H16F2N4O4.C2HF3O2/c21-19-10-24(9-14-7-16(27)4-5-17(14)26(29)30)12-20(19,22)18(28)25(11-19)15-3-1-2-13(6-15)8-23;3-2(4,5)1(6)7/h1-7,27H,9-12H2;(H,6,7)/t19-,20+;/m0./s1. The molecule has 2 aliphatic rings. The fourth-order valence-corrected chi connectivity index (χ4v) is 4.14. The molecule has 2 saturated heterocycles. The minimum Gasteiger partial charge on any atom is -0.508 e. The maximum atomic E-state index is 15.6. The van der Waals surface area contributed by atoms with Gasteiger partial charge in [0.2, 0.25) is 5.67 Å². The van der Waals surface area contributed by atoms with E-state index in [1.165, 1.54) is 35.2 Å². The van der Waals surface area contributed by atoms with Crippen molar-refractivity contribution in [2.24, 2.45) is 0 Å². The molecular formula is C22H17F5N4O6. The summed E-state index contributed by atoms with van der Waals surface area (Å²) in [5.41, 5.74) is -5.03. The van der Waals surface area contributed by atoms with Crippen LogP contribution < -0.4 is 4.90 Å². The van der Waals surface area contributed by atoms with Gasteiger partial charge in [-0.2, -0.15) is 18.4 Å². The maximum Gasteiger partial charge on any atom is 0.490 e. The summed E-state index contributed by atoms with van der Waals surface area (Å²) >= 11 is 0. The van der Waals surface area contributed by atoms with E-state index in [1.807, 2.05) is 6.07 Å². The van der Waals surface area contributed by atoms with E-state index in [4.69, 9.17) is 15.2 Å². The van der Waals surface area contributed by atoms with Crippen LogP contribution in [0.1, 0.15) is 11.1 Å². The Balaban J connectivity index is 0.000000479. The van der Waals surface area contributed by atoms with Crippen molar-refractivity contribution >= 4 is 23.3 Å². The van der Waals surface area contributed by atoms with E-state index in [0.29, 0.717) is 0 Å². The quantitative estimate of drug-likeness (QED) is 0.350. The highest BCUT2D eigenvalue weighted by atomic mass is 19.4. The number of hydrogen-bond acceptors (Lipinski definition) is 7. The van der Waals surface area contributed by atoms with Crippen LogP contribution in [-0.2, 0) is 16.1 Å². The number of fused-ring (bicyclic) bond motifs is 1. The van der Waals surface area contributed by atoms with Gasteiger partial charge in [-0.3, -0.25) is 19.8 Å². The van der Waals surface area contributed by atoms with Gasteiger partial charge in [0.1, 0.15) is 5.75 Å². The number of phenols is 1. The lowest BCUT2D eigenvalue weighted by atomic mass is 9.93. The van der Waals surface area contributed by atoms with Gasteiger partial charge in [-0.05, 0) is 30.3 Å². The number of phenolic OH excluding ortho intramolecular Hbond substituents is 1. The highest BCUT2D eigenvalue weighted by Gasteiger charge is 2.71. The SMILES string of the molecule is N#Cc1cccc(N2C[C@@]3(F)CN(Cc4cc(O)ccc4[N+](=O)[O-])C[C@@]3(F)C2=O)c1.O=C(O)C(F)(F)F. The zero-order chi connectivity index (χ0) is 27.8. The van der Waals surface area contributed by atoms with Crippen molar-refractivity contribution in [1.82, 2.24) is 4.90 Å². The molecule has 15 heteroatoms.